The molecule has 3 N–H and O–H groups in total. The number of aryl methyl sites for hydroxylation is 1. The van der Waals surface area contributed by atoms with E-state index in [-0.39, 0.29) is 13.2 Å². The summed E-state index contributed by atoms with van der Waals surface area (Å²) in [5, 5.41) is 22.8. The Labute approximate surface area is 157 Å². The van der Waals surface area contributed by atoms with Gasteiger partial charge in [0.2, 0.25) is 0 Å². The Morgan fingerprint density at radius 2 is 1.93 bits per heavy atom. The molecule has 0 bridgehead atoms. The van der Waals surface area contributed by atoms with Crippen LogP contribution in [0.4, 0.5) is 0 Å². The minimum absolute atomic E-state index is 0.161. The summed E-state index contributed by atoms with van der Waals surface area (Å²) < 4.78 is 13.0. The number of aromatic nitrogens is 4. The number of aliphatic hydroxyl groups is 1. The van der Waals surface area contributed by atoms with Gasteiger partial charge >= 0.3 is 0 Å². The van der Waals surface area contributed by atoms with Gasteiger partial charge in [0.15, 0.2) is 23.9 Å². The lowest BCUT2D eigenvalue weighted by atomic mass is 10.2. The van der Waals surface area contributed by atoms with E-state index in [0.717, 1.165) is 17.8 Å². The van der Waals surface area contributed by atoms with Gasteiger partial charge in [0.05, 0.1) is 25.9 Å². The van der Waals surface area contributed by atoms with Crippen LogP contribution in [0.5, 0.6) is 11.5 Å². The molecule has 0 atom stereocenters. The molecule has 0 aliphatic heterocycles. The third-order valence-electron chi connectivity index (χ3n) is 4.11. The van der Waals surface area contributed by atoms with Gasteiger partial charge < -0.3 is 19.9 Å². The number of hydrogen-bond donors (Lipinski definition) is 2. The molecule has 1 aromatic heterocycles. The Hall–Kier alpha value is -2.97. The van der Waals surface area contributed by atoms with Crippen molar-refractivity contribution in [3.8, 4) is 17.2 Å². The van der Waals surface area contributed by atoms with E-state index in [0.29, 0.717) is 23.9 Å². The number of quaternary nitrogens is 1. The topological polar surface area (TPSA) is 98.9 Å². The van der Waals surface area contributed by atoms with Crippen LogP contribution in [-0.2, 0) is 13.2 Å². The van der Waals surface area contributed by atoms with Gasteiger partial charge in [-0.1, -0.05) is 17.7 Å². The van der Waals surface area contributed by atoms with E-state index >= 15 is 0 Å². The number of nitrogens with two attached hydrogens (primary N) is 1. The maximum atomic E-state index is 8.87. The van der Waals surface area contributed by atoms with Crippen molar-refractivity contribution < 1.29 is 19.9 Å². The van der Waals surface area contributed by atoms with Crippen LogP contribution < -0.4 is 14.8 Å². The standard InChI is InChI=1S/C19H23N5O3/c1-14-3-6-16(7-4-14)24-19(21-22-23-24)13-27-17-8-5-15(11-18(17)26-2)12-20-9-10-25/h3-8,11,20,25H,9-10,12-13H2,1-2H3/p+1. The van der Waals surface area contributed by atoms with Gasteiger partial charge in [-0.3, -0.25) is 0 Å². The predicted octanol–water partition coefficient (Wildman–Crippen LogP) is 0.614. The first kappa shape index (κ1) is 18.8. The first-order chi connectivity index (χ1) is 13.2. The summed E-state index contributed by atoms with van der Waals surface area (Å²) in [5.41, 5.74) is 3.15. The Morgan fingerprint density at radius 3 is 2.67 bits per heavy atom. The van der Waals surface area contributed by atoms with Gasteiger partial charge in [-0.05, 0) is 47.7 Å². The van der Waals surface area contributed by atoms with Crippen molar-refractivity contribution in [1.82, 2.24) is 20.2 Å². The summed E-state index contributed by atoms with van der Waals surface area (Å²) in [4.78, 5) is 0. The average Bonchev–Trinajstić information content (AvgIpc) is 3.16. The largest absolute Gasteiger partial charge is 0.493 e. The monoisotopic (exact) mass is 370 g/mol. The van der Waals surface area contributed by atoms with E-state index < -0.39 is 0 Å². The molecule has 0 saturated carbocycles. The molecule has 3 rings (SSSR count). The normalized spacial score (nSPS) is 10.8. The molecule has 0 radical (unpaired) electrons. The molecule has 142 valence electrons. The summed E-state index contributed by atoms with van der Waals surface area (Å²) in [5.74, 6) is 1.88. The number of methoxy groups -OCH3 is 1. The molecule has 0 spiro atoms. The molecular weight excluding hydrogens is 346 g/mol. The van der Waals surface area contributed by atoms with E-state index in [1.165, 1.54) is 5.56 Å². The summed E-state index contributed by atoms with van der Waals surface area (Å²) in [7, 11) is 1.61. The highest BCUT2D eigenvalue weighted by atomic mass is 16.5. The van der Waals surface area contributed by atoms with Crippen molar-refractivity contribution in [1.29, 1.82) is 0 Å². The summed E-state index contributed by atoms with van der Waals surface area (Å²) in [6, 6.07) is 13.7. The summed E-state index contributed by atoms with van der Waals surface area (Å²) in [6.45, 7) is 3.84. The second kappa shape index (κ2) is 9.11. The minimum atomic E-state index is 0.161. The molecule has 8 heteroatoms. The average molecular weight is 370 g/mol. The highest BCUT2D eigenvalue weighted by molar-refractivity contribution is 5.43. The van der Waals surface area contributed by atoms with Crippen LogP contribution in [0.2, 0.25) is 0 Å². The lowest BCUT2D eigenvalue weighted by molar-refractivity contribution is -0.671. The van der Waals surface area contributed by atoms with E-state index in [4.69, 9.17) is 14.6 Å². The van der Waals surface area contributed by atoms with Gasteiger partial charge in [-0.25, -0.2) is 0 Å². The van der Waals surface area contributed by atoms with Gasteiger partial charge in [-0.2, -0.15) is 4.68 Å². The lowest BCUT2D eigenvalue weighted by Gasteiger charge is -2.12. The highest BCUT2D eigenvalue weighted by Crippen LogP contribution is 2.28. The quantitative estimate of drug-likeness (QED) is 0.536. The molecule has 0 aliphatic carbocycles. The molecule has 2 aromatic carbocycles. The van der Waals surface area contributed by atoms with Crippen molar-refractivity contribution >= 4 is 0 Å². The van der Waals surface area contributed by atoms with Crippen LogP contribution in [0, 0.1) is 6.92 Å². The number of aliphatic hydroxyl groups excluding tert-OH is 1. The Morgan fingerprint density at radius 1 is 1.11 bits per heavy atom. The minimum Gasteiger partial charge on any atom is -0.493 e. The predicted molar refractivity (Wildman–Crippen MR) is 98.8 cm³/mol. The SMILES string of the molecule is COc1cc(C[NH2+]CCO)ccc1OCc1nnnn1-c1ccc(C)cc1. The summed E-state index contributed by atoms with van der Waals surface area (Å²) in [6.07, 6.45) is 0. The molecule has 0 unspecified atom stereocenters. The number of hydrogen-bond acceptors (Lipinski definition) is 6. The molecule has 1 heterocycles. The fraction of sp³-hybridized carbons (Fsp3) is 0.316. The van der Waals surface area contributed by atoms with Gasteiger partial charge in [0, 0.05) is 5.56 Å². The first-order valence-corrected chi connectivity index (χ1v) is 8.78. The molecule has 0 saturated heterocycles. The first-order valence-electron chi connectivity index (χ1n) is 8.78. The van der Waals surface area contributed by atoms with Crippen LogP contribution in [0.3, 0.4) is 0 Å². The Balaban J connectivity index is 1.70. The van der Waals surface area contributed by atoms with E-state index in [2.05, 4.69) is 15.5 Å². The molecule has 0 fully saturated rings. The second-order valence-electron chi connectivity index (χ2n) is 6.12. The molecule has 8 nitrogen and oxygen atoms in total. The Bertz CT molecular complexity index is 864. The molecule has 0 aliphatic rings. The van der Waals surface area contributed by atoms with Crippen LogP contribution in [0.15, 0.2) is 42.5 Å². The van der Waals surface area contributed by atoms with Gasteiger partial charge in [0.1, 0.15) is 6.54 Å². The van der Waals surface area contributed by atoms with Crippen molar-refractivity contribution in [3.63, 3.8) is 0 Å². The molecular formula is C19H24N5O3+. The van der Waals surface area contributed by atoms with Crippen molar-refractivity contribution in [3.05, 3.63) is 59.4 Å². The van der Waals surface area contributed by atoms with Crippen molar-refractivity contribution in [2.45, 2.75) is 20.1 Å². The van der Waals surface area contributed by atoms with Gasteiger partial charge in [0.25, 0.3) is 0 Å². The second-order valence-corrected chi connectivity index (χ2v) is 6.12. The number of benzene rings is 2. The zero-order chi connectivity index (χ0) is 19.1. The van der Waals surface area contributed by atoms with Crippen LogP contribution in [-0.4, -0.2) is 45.6 Å². The zero-order valence-corrected chi connectivity index (χ0v) is 15.5. The maximum Gasteiger partial charge on any atom is 0.194 e. The van der Waals surface area contributed by atoms with Crippen LogP contribution in [0.25, 0.3) is 5.69 Å². The fourth-order valence-corrected chi connectivity index (χ4v) is 2.64. The molecule has 0 amide bonds. The third-order valence-corrected chi connectivity index (χ3v) is 4.11. The van der Waals surface area contributed by atoms with E-state index in [1.54, 1.807) is 11.8 Å². The maximum absolute atomic E-state index is 8.87. The smallest absolute Gasteiger partial charge is 0.194 e. The highest BCUT2D eigenvalue weighted by Gasteiger charge is 2.12. The molecule has 3 aromatic rings. The zero-order valence-electron chi connectivity index (χ0n) is 15.5. The number of ether oxygens (including phenoxy) is 2. The third kappa shape index (κ3) is 4.81. The number of nitrogens with zero attached hydrogens (tertiary/aromatic N) is 4. The van der Waals surface area contributed by atoms with Crippen LogP contribution in [0.1, 0.15) is 17.0 Å². The lowest BCUT2D eigenvalue weighted by Crippen LogP contribution is -2.83. The summed E-state index contributed by atoms with van der Waals surface area (Å²) >= 11 is 0. The fourth-order valence-electron chi connectivity index (χ4n) is 2.64. The van der Waals surface area contributed by atoms with Gasteiger partial charge in [-0.15, -0.1) is 5.10 Å². The van der Waals surface area contributed by atoms with Crippen molar-refractivity contribution in [2.24, 2.45) is 0 Å². The molecule has 27 heavy (non-hydrogen) atoms. The number of rotatable bonds is 9. The van der Waals surface area contributed by atoms with Crippen LogP contribution >= 0.6 is 0 Å². The van der Waals surface area contributed by atoms with Crippen molar-refractivity contribution in [2.75, 3.05) is 20.3 Å². The Kier molecular flexibility index (Phi) is 6.35. The van der Waals surface area contributed by atoms with E-state index in [1.807, 2.05) is 54.7 Å². The van der Waals surface area contributed by atoms with E-state index in [9.17, 15) is 0 Å². The number of tetrazole rings is 1.